The Morgan fingerprint density at radius 3 is 2.48 bits per heavy atom. The van der Waals surface area contributed by atoms with Crippen molar-refractivity contribution >= 4 is 28.1 Å². The van der Waals surface area contributed by atoms with Gasteiger partial charge in [-0.2, -0.15) is 4.31 Å². The number of carbonyl (C=O) groups excluding carboxylic acids is 2. The minimum Gasteiger partial charge on any atom is -0.439 e. The number of hydrogen-bond donors (Lipinski definition) is 0. The summed E-state index contributed by atoms with van der Waals surface area (Å²) >= 11 is 0. The summed E-state index contributed by atoms with van der Waals surface area (Å²) in [7, 11) is -3.48. The number of sulfonamides is 1. The lowest BCUT2D eigenvalue weighted by atomic mass is 10.0. The smallest absolute Gasteiger partial charge is 0.417 e. The van der Waals surface area contributed by atoms with Gasteiger partial charge in [0.2, 0.25) is 10.0 Å². The molecule has 0 aromatic heterocycles. The predicted molar refractivity (Wildman–Crippen MR) is 82.5 cm³/mol. The number of cyclic esters (lactones) is 1. The van der Waals surface area contributed by atoms with Crippen molar-refractivity contribution in [3.8, 4) is 0 Å². The maximum atomic E-state index is 12.2. The zero-order valence-electron chi connectivity index (χ0n) is 12.3. The Hall–Kier alpha value is -2.19. The number of amides is 2. The van der Waals surface area contributed by atoms with E-state index < -0.39 is 16.1 Å². The maximum absolute atomic E-state index is 12.2. The van der Waals surface area contributed by atoms with E-state index in [4.69, 9.17) is 0 Å². The fourth-order valence-electron chi connectivity index (χ4n) is 2.48. The van der Waals surface area contributed by atoms with Gasteiger partial charge in [-0.3, -0.25) is 4.79 Å². The van der Waals surface area contributed by atoms with E-state index in [1.54, 1.807) is 6.08 Å². The molecule has 7 nitrogen and oxygen atoms in total. The highest BCUT2D eigenvalue weighted by Crippen LogP contribution is 2.23. The second kappa shape index (κ2) is 6.13. The van der Waals surface area contributed by atoms with E-state index in [0.29, 0.717) is 13.1 Å². The van der Waals surface area contributed by atoms with Crippen LogP contribution in [0.5, 0.6) is 0 Å². The molecule has 8 heteroatoms. The molecule has 0 atom stereocenters. The Morgan fingerprint density at radius 1 is 1.17 bits per heavy atom. The second-order valence-electron chi connectivity index (χ2n) is 5.50. The van der Waals surface area contributed by atoms with E-state index in [0.717, 1.165) is 10.5 Å². The molecule has 23 heavy (non-hydrogen) atoms. The molecule has 0 radical (unpaired) electrons. The molecule has 0 aliphatic carbocycles. The van der Waals surface area contributed by atoms with E-state index in [9.17, 15) is 18.0 Å². The Morgan fingerprint density at radius 2 is 1.87 bits per heavy atom. The van der Waals surface area contributed by atoms with E-state index in [1.807, 2.05) is 30.3 Å². The van der Waals surface area contributed by atoms with Crippen molar-refractivity contribution in [1.29, 1.82) is 0 Å². The van der Waals surface area contributed by atoms with Crippen molar-refractivity contribution < 1.29 is 22.7 Å². The van der Waals surface area contributed by atoms with Gasteiger partial charge < -0.3 is 4.74 Å². The van der Waals surface area contributed by atoms with Crippen LogP contribution >= 0.6 is 0 Å². The highest BCUT2D eigenvalue weighted by molar-refractivity contribution is 7.92. The van der Waals surface area contributed by atoms with Gasteiger partial charge in [-0.05, 0) is 11.6 Å². The summed E-state index contributed by atoms with van der Waals surface area (Å²) in [6, 6.07) is 9.15. The van der Waals surface area contributed by atoms with Crippen LogP contribution in [0.3, 0.4) is 0 Å². The van der Waals surface area contributed by atoms with Gasteiger partial charge in [-0.25, -0.2) is 18.1 Å². The first-order chi connectivity index (χ1) is 11.0. The second-order valence-corrected chi connectivity index (χ2v) is 7.32. The van der Waals surface area contributed by atoms with E-state index in [2.05, 4.69) is 4.74 Å². The Bertz CT molecular complexity index is 722. The lowest BCUT2D eigenvalue weighted by Crippen LogP contribution is -2.53. The van der Waals surface area contributed by atoms with Crippen molar-refractivity contribution in [2.24, 2.45) is 5.92 Å². The van der Waals surface area contributed by atoms with Crippen molar-refractivity contribution in [2.45, 2.75) is 0 Å². The van der Waals surface area contributed by atoms with Crippen LogP contribution in [0.4, 0.5) is 4.79 Å². The Kier molecular flexibility index (Phi) is 4.18. The number of benzene rings is 1. The zero-order chi connectivity index (χ0) is 16.4. The third-order valence-corrected chi connectivity index (χ3v) is 5.29. The summed E-state index contributed by atoms with van der Waals surface area (Å²) in [6.07, 6.45) is 0.893. The van der Waals surface area contributed by atoms with E-state index >= 15 is 0 Å². The van der Waals surface area contributed by atoms with Gasteiger partial charge in [0.05, 0.1) is 0 Å². The monoisotopic (exact) mass is 336 g/mol. The van der Waals surface area contributed by atoms with Crippen LogP contribution in [0.1, 0.15) is 5.56 Å². The van der Waals surface area contributed by atoms with Gasteiger partial charge in [0.15, 0.2) is 6.61 Å². The molecule has 2 heterocycles. The lowest BCUT2D eigenvalue weighted by molar-refractivity contribution is -0.126. The van der Waals surface area contributed by atoms with Gasteiger partial charge in [0, 0.05) is 31.0 Å². The minimum atomic E-state index is -3.48. The molecule has 2 aliphatic heterocycles. The molecule has 1 aromatic carbocycles. The molecule has 0 bridgehead atoms. The summed E-state index contributed by atoms with van der Waals surface area (Å²) in [6.45, 7) is 0.552. The van der Waals surface area contributed by atoms with E-state index in [1.165, 1.54) is 9.71 Å². The van der Waals surface area contributed by atoms with Crippen LogP contribution < -0.4 is 0 Å². The van der Waals surface area contributed by atoms with Crippen LogP contribution in [-0.2, 0) is 19.6 Å². The molecular formula is C15H16N2O5S. The molecular weight excluding hydrogens is 320 g/mol. The average molecular weight is 336 g/mol. The largest absolute Gasteiger partial charge is 0.439 e. The first-order valence-corrected chi connectivity index (χ1v) is 8.66. The van der Waals surface area contributed by atoms with Gasteiger partial charge in [-0.1, -0.05) is 30.3 Å². The highest BCUT2D eigenvalue weighted by atomic mass is 32.2. The third kappa shape index (κ3) is 3.43. The normalized spacial score (nSPS) is 20.1. The quantitative estimate of drug-likeness (QED) is 0.797. The Balaban J connectivity index is 1.55. The summed E-state index contributed by atoms with van der Waals surface area (Å²) in [5.41, 5.74) is 0.804. The first-order valence-electron chi connectivity index (χ1n) is 7.16. The third-order valence-electron chi connectivity index (χ3n) is 3.80. The average Bonchev–Trinajstić information content (AvgIpc) is 2.80. The van der Waals surface area contributed by atoms with Crippen molar-refractivity contribution in [3.05, 3.63) is 41.3 Å². The molecule has 2 aliphatic rings. The summed E-state index contributed by atoms with van der Waals surface area (Å²) < 4.78 is 30.3. The number of imide groups is 1. The predicted octanol–water partition coefficient (Wildman–Crippen LogP) is 0.898. The van der Waals surface area contributed by atoms with Crippen molar-refractivity contribution in [2.75, 3.05) is 26.2 Å². The molecule has 0 saturated carbocycles. The van der Waals surface area contributed by atoms with Crippen molar-refractivity contribution in [3.63, 3.8) is 0 Å². The van der Waals surface area contributed by atoms with Crippen LogP contribution in [0.25, 0.3) is 6.08 Å². The van der Waals surface area contributed by atoms with E-state index in [-0.39, 0.29) is 25.0 Å². The SMILES string of the molecule is O=C1COC(=O)N1CC1CN(S(=O)(=O)C=Cc2ccccc2)C1. The fourth-order valence-corrected chi connectivity index (χ4v) is 3.81. The number of nitrogens with zero attached hydrogens (tertiary/aromatic N) is 2. The molecule has 122 valence electrons. The number of ether oxygens (including phenoxy) is 1. The first kappa shape index (κ1) is 15.7. The lowest BCUT2D eigenvalue weighted by Gasteiger charge is -2.38. The summed E-state index contributed by atoms with van der Waals surface area (Å²) in [4.78, 5) is 23.8. The molecule has 2 fully saturated rings. The van der Waals surface area contributed by atoms with Gasteiger partial charge in [-0.15, -0.1) is 0 Å². The number of carbonyl (C=O) groups is 2. The van der Waals surface area contributed by atoms with Gasteiger partial charge in [0.1, 0.15) is 0 Å². The van der Waals surface area contributed by atoms with Crippen LogP contribution in [0.2, 0.25) is 0 Å². The van der Waals surface area contributed by atoms with Gasteiger partial charge in [0.25, 0.3) is 5.91 Å². The van der Waals surface area contributed by atoms with Crippen LogP contribution in [0, 0.1) is 5.92 Å². The summed E-state index contributed by atoms with van der Waals surface area (Å²) in [5, 5.41) is 1.17. The van der Waals surface area contributed by atoms with Crippen molar-refractivity contribution in [1.82, 2.24) is 9.21 Å². The zero-order valence-corrected chi connectivity index (χ0v) is 13.1. The molecule has 2 amide bonds. The minimum absolute atomic E-state index is 0.0514. The van der Waals surface area contributed by atoms with Crippen LogP contribution in [-0.4, -0.2) is 55.9 Å². The topological polar surface area (TPSA) is 84.0 Å². The van der Waals surface area contributed by atoms with Gasteiger partial charge >= 0.3 is 6.09 Å². The molecule has 0 spiro atoms. The molecule has 0 N–H and O–H groups in total. The molecule has 0 unspecified atom stereocenters. The Labute approximate surface area is 134 Å². The molecule has 1 aromatic rings. The molecule has 2 saturated heterocycles. The van der Waals surface area contributed by atoms with Crippen LogP contribution in [0.15, 0.2) is 35.7 Å². The highest BCUT2D eigenvalue weighted by Gasteiger charge is 2.39. The fraction of sp³-hybridized carbons (Fsp3) is 0.333. The number of rotatable bonds is 5. The standard InChI is InChI=1S/C15H16N2O5S/c18-14-11-22-15(19)17(14)10-13-8-16(9-13)23(20,21)7-6-12-4-2-1-3-5-12/h1-7,13H,8-11H2. The summed E-state index contributed by atoms with van der Waals surface area (Å²) in [5.74, 6) is -0.426. The maximum Gasteiger partial charge on any atom is 0.417 e. The molecule has 3 rings (SSSR count). The number of hydrogen-bond acceptors (Lipinski definition) is 5.